The van der Waals surface area contributed by atoms with Crippen molar-refractivity contribution in [2.24, 2.45) is 5.18 Å². The molecule has 0 saturated heterocycles. The molecule has 0 radical (unpaired) electrons. The van der Waals surface area contributed by atoms with Crippen molar-refractivity contribution >= 4 is 11.4 Å². The highest BCUT2D eigenvalue weighted by atomic mass is 19.4. The Kier molecular flexibility index (Phi) is 2.73. The van der Waals surface area contributed by atoms with Crippen LogP contribution in [0, 0.1) is 4.91 Å². The number of halogens is 3. The summed E-state index contributed by atoms with van der Waals surface area (Å²) in [5.74, 6) is 0. The molecule has 0 spiro atoms. The molecule has 0 bridgehead atoms. The highest BCUT2D eigenvalue weighted by molar-refractivity contribution is 5.63. The van der Waals surface area contributed by atoms with Crippen LogP contribution in [0.1, 0.15) is 5.56 Å². The van der Waals surface area contributed by atoms with Crippen LogP contribution in [-0.4, -0.2) is 6.18 Å². The van der Waals surface area contributed by atoms with Crippen molar-refractivity contribution in [2.45, 2.75) is 12.6 Å². The first-order valence-electron chi connectivity index (χ1n) is 3.71. The van der Waals surface area contributed by atoms with Crippen LogP contribution in [0.2, 0.25) is 0 Å². The average Bonchev–Trinajstić information content (AvgIpc) is 2.06. The minimum atomic E-state index is -4.30. The Bertz CT molecular complexity index is 349. The van der Waals surface area contributed by atoms with Gasteiger partial charge in [-0.25, -0.2) is 0 Å². The van der Waals surface area contributed by atoms with Crippen LogP contribution >= 0.6 is 0 Å². The number of nitrogens with two attached hydrogens (primary N) is 1. The van der Waals surface area contributed by atoms with Gasteiger partial charge in [-0.3, -0.25) is 0 Å². The number of nitrogen functional groups attached to an aromatic ring is 1. The molecule has 0 unspecified atom stereocenters. The highest BCUT2D eigenvalue weighted by Crippen LogP contribution is 2.27. The Morgan fingerprint density at radius 2 is 2.00 bits per heavy atom. The van der Waals surface area contributed by atoms with Crippen LogP contribution < -0.4 is 5.73 Å². The van der Waals surface area contributed by atoms with Crippen molar-refractivity contribution in [1.29, 1.82) is 0 Å². The SMILES string of the molecule is Nc1ccc(CC(F)(F)F)cc1N=O. The third-order valence-corrected chi connectivity index (χ3v) is 1.60. The van der Waals surface area contributed by atoms with E-state index in [-0.39, 0.29) is 16.9 Å². The van der Waals surface area contributed by atoms with Gasteiger partial charge in [-0.2, -0.15) is 13.2 Å². The molecule has 1 aromatic rings. The van der Waals surface area contributed by atoms with E-state index >= 15 is 0 Å². The van der Waals surface area contributed by atoms with Crippen molar-refractivity contribution in [1.82, 2.24) is 0 Å². The number of anilines is 1. The van der Waals surface area contributed by atoms with Gasteiger partial charge in [0.25, 0.3) is 0 Å². The van der Waals surface area contributed by atoms with Crippen molar-refractivity contribution in [3.63, 3.8) is 0 Å². The summed E-state index contributed by atoms with van der Waals surface area (Å²) in [4.78, 5) is 10.1. The summed E-state index contributed by atoms with van der Waals surface area (Å²) in [7, 11) is 0. The van der Waals surface area contributed by atoms with Crippen LogP contribution in [0.25, 0.3) is 0 Å². The topological polar surface area (TPSA) is 55.4 Å². The largest absolute Gasteiger partial charge is 0.397 e. The summed E-state index contributed by atoms with van der Waals surface area (Å²) in [6.07, 6.45) is -5.38. The molecule has 1 rings (SSSR count). The second-order valence-electron chi connectivity index (χ2n) is 2.78. The molecule has 0 saturated carbocycles. The number of nitroso groups, excluding NO2 is 1. The summed E-state index contributed by atoms with van der Waals surface area (Å²) >= 11 is 0. The van der Waals surface area contributed by atoms with Crippen LogP contribution in [0.15, 0.2) is 23.4 Å². The van der Waals surface area contributed by atoms with Crippen LogP contribution in [0.5, 0.6) is 0 Å². The lowest BCUT2D eigenvalue weighted by Crippen LogP contribution is -2.11. The van der Waals surface area contributed by atoms with Gasteiger partial charge in [0.05, 0.1) is 12.1 Å². The average molecular weight is 204 g/mol. The summed E-state index contributed by atoms with van der Waals surface area (Å²) in [5.41, 5.74) is 5.18. The maximum Gasteiger partial charge on any atom is 0.393 e. The van der Waals surface area contributed by atoms with E-state index in [1.807, 2.05) is 0 Å². The quantitative estimate of drug-likeness (QED) is 0.594. The summed E-state index contributed by atoms with van der Waals surface area (Å²) in [5, 5.41) is 2.52. The fourth-order valence-corrected chi connectivity index (χ4v) is 1.01. The minimum absolute atomic E-state index is 0.0266. The Hall–Kier alpha value is -1.59. The van der Waals surface area contributed by atoms with Gasteiger partial charge in [0.1, 0.15) is 5.69 Å². The van der Waals surface area contributed by atoms with Crippen molar-refractivity contribution in [3.05, 3.63) is 28.7 Å². The molecule has 0 amide bonds. The number of hydrogen-bond donors (Lipinski definition) is 1. The summed E-state index contributed by atoms with van der Waals surface area (Å²) < 4.78 is 35.8. The van der Waals surface area contributed by atoms with Crippen LogP contribution in [-0.2, 0) is 6.42 Å². The molecule has 6 heteroatoms. The molecule has 14 heavy (non-hydrogen) atoms. The number of nitrogens with zero attached hydrogens (tertiary/aromatic N) is 1. The fraction of sp³-hybridized carbons (Fsp3) is 0.250. The van der Waals surface area contributed by atoms with Gasteiger partial charge in [0.15, 0.2) is 0 Å². The molecule has 0 heterocycles. The highest BCUT2D eigenvalue weighted by Gasteiger charge is 2.27. The lowest BCUT2D eigenvalue weighted by molar-refractivity contribution is -0.127. The van der Waals surface area contributed by atoms with E-state index in [0.717, 1.165) is 6.07 Å². The Morgan fingerprint density at radius 3 is 2.50 bits per heavy atom. The number of hydrogen-bond acceptors (Lipinski definition) is 3. The second kappa shape index (κ2) is 3.65. The fourth-order valence-electron chi connectivity index (χ4n) is 1.01. The summed E-state index contributed by atoms with van der Waals surface area (Å²) in [6, 6.07) is 3.49. The molecule has 76 valence electrons. The van der Waals surface area contributed by atoms with Crippen molar-refractivity contribution in [2.75, 3.05) is 5.73 Å². The molecule has 1 aromatic carbocycles. The molecular formula is C8H7F3N2O. The van der Waals surface area contributed by atoms with E-state index in [9.17, 15) is 18.1 Å². The molecular weight excluding hydrogens is 197 g/mol. The van der Waals surface area contributed by atoms with Gasteiger partial charge >= 0.3 is 6.18 Å². The first-order valence-corrected chi connectivity index (χ1v) is 3.71. The van der Waals surface area contributed by atoms with Crippen molar-refractivity contribution < 1.29 is 13.2 Å². The second-order valence-corrected chi connectivity index (χ2v) is 2.78. The van der Waals surface area contributed by atoms with Gasteiger partial charge in [0.2, 0.25) is 0 Å². The van der Waals surface area contributed by atoms with Gasteiger partial charge in [-0.1, -0.05) is 6.07 Å². The van der Waals surface area contributed by atoms with E-state index in [1.165, 1.54) is 12.1 Å². The number of benzene rings is 1. The molecule has 0 aromatic heterocycles. The molecule has 3 nitrogen and oxygen atoms in total. The molecule has 0 aliphatic heterocycles. The third-order valence-electron chi connectivity index (χ3n) is 1.60. The zero-order valence-electron chi connectivity index (χ0n) is 7.01. The minimum Gasteiger partial charge on any atom is -0.397 e. The Labute approximate surface area is 77.7 Å². The number of alkyl halides is 3. The van der Waals surface area contributed by atoms with E-state index in [1.54, 1.807) is 0 Å². The van der Waals surface area contributed by atoms with Gasteiger partial charge in [-0.15, -0.1) is 4.91 Å². The summed E-state index contributed by atoms with van der Waals surface area (Å²) in [6.45, 7) is 0. The zero-order chi connectivity index (χ0) is 10.8. The van der Waals surface area contributed by atoms with E-state index < -0.39 is 12.6 Å². The first-order chi connectivity index (χ1) is 6.42. The lowest BCUT2D eigenvalue weighted by atomic mass is 10.1. The molecule has 0 fully saturated rings. The maximum absolute atomic E-state index is 11.9. The maximum atomic E-state index is 11.9. The van der Waals surface area contributed by atoms with Gasteiger partial charge < -0.3 is 5.73 Å². The monoisotopic (exact) mass is 204 g/mol. The Balaban J connectivity index is 2.95. The van der Waals surface area contributed by atoms with Gasteiger partial charge in [0, 0.05) is 0 Å². The standard InChI is InChI=1S/C8H7F3N2O/c9-8(10,11)4-5-1-2-6(12)7(3-5)13-14/h1-3H,4,12H2. The smallest absolute Gasteiger partial charge is 0.393 e. The Morgan fingerprint density at radius 1 is 1.36 bits per heavy atom. The first kappa shape index (κ1) is 10.5. The number of rotatable bonds is 2. The van der Waals surface area contributed by atoms with Gasteiger partial charge in [-0.05, 0) is 22.9 Å². The van der Waals surface area contributed by atoms with E-state index in [0.29, 0.717) is 0 Å². The van der Waals surface area contributed by atoms with Crippen LogP contribution in [0.4, 0.5) is 24.5 Å². The predicted octanol–water partition coefficient (Wildman–Crippen LogP) is 2.77. The molecule has 0 aliphatic carbocycles. The molecule has 2 N–H and O–H groups in total. The lowest BCUT2D eigenvalue weighted by Gasteiger charge is -2.06. The normalized spacial score (nSPS) is 11.4. The van der Waals surface area contributed by atoms with E-state index in [4.69, 9.17) is 5.73 Å². The molecule has 0 aliphatic rings. The third kappa shape index (κ3) is 2.72. The van der Waals surface area contributed by atoms with Crippen LogP contribution in [0.3, 0.4) is 0 Å². The predicted molar refractivity (Wildman–Crippen MR) is 46.1 cm³/mol. The van der Waals surface area contributed by atoms with E-state index in [2.05, 4.69) is 5.18 Å². The molecule has 0 atom stereocenters. The van der Waals surface area contributed by atoms with Crippen molar-refractivity contribution in [3.8, 4) is 0 Å². The zero-order valence-corrected chi connectivity index (χ0v) is 7.01.